The van der Waals surface area contributed by atoms with E-state index in [1.165, 1.54) is 12.3 Å². The van der Waals surface area contributed by atoms with Crippen LogP contribution in [-0.4, -0.2) is 78.4 Å². The Hall–Kier alpha value is -2.19. The molecule has 4 rings (SSSR count). The first-order valence-corrected chi connectivity index (χ1v) is 11.6. The number of carbonyl (C=O) groups excluding carboxylic acids is 1. The third-order valence-electron chi connectivity index (χ3n) is 6.69. The molecule has 6 nitrogen and oxygen atoms in total. The summed E-state index contributed by atoms with van der Waals surface area (Å²) in [6.07, 6.45) is 3.08. The summed E-state index contributed by atoms with van der Waals surface area (Å²) < 4.78 is 26.9. The van der Waals surface area contributed by atoms with Crippen LogP contribution in [0.5, 0.6) is 0 Å². The van der Waals surface area contributed by atoms with E-state index in [2.05, 4.69) is 38.6 Å². The van der Waals surface area contributed by atoms with Crippen LogP contribution in [0.2, 0.25) is 0 Å². The first kappa shape index (κ1) is 23.0. The molecule has 0 spiro atoms. The molecule has 2 atom stereocenters. The van der Waals surface area contributed by atoms with Crippen molar-refractivity contribution in [2.24, 2.45) is 11.8 Å². The molecule has 2 saturated heterocycles. The Balaban J connectivity index is 1.46. The summed E-state index contributed by atoms with van der Waals surface area (Å²) in [6, 6.07) is 3.20. The monoisotopic (exact) mass is 445 g/mol. The van der Waals surface area contributed by atoms with E-state index in [1.807, 2.05) is 0 Å². The van der Waals surface area contributed by atoms with Gasteiger partial charge in [-0.15, -0.1) is 0 Å². The molecule has 3 heterocycles. The lowest BCUT2D eigenvalue weighted by Gasteiger charge is -2.38. The van der Waals surface area contributed by atoms with Crippen molar-refractivity contribution in [2.45, 2.75) is 32.6 Å². The maximum absolute atomic E-state index is 13.5. The van der Waals surface area contributed by atoms with Gasteiger partial charge in [-0.1, -0.05) is 6.92 Å². The summed E-state index contributed by atoms with van der Waals surface area (Å²) >= 11 is 0. The van der Waals surface area contributed by atoms with Gasteiger partial charge in [0.1, 0.15) is 11.3 Å². The second-order valence-electron chi connectivity index (χ2n) is 9.52. The second kappa shape index (κ2) is 10.2. The van der Waals surface area contributed by atoms with Gasteiger partial charge in [0.2, 0.25) is 0 Å². The number of benzene rings is 1. The van der Waals surface area contributed by atoms with Crippen LogP contribution >= 0.6 is 0 Å². The Kier molecular flexibility index (Phi) is 7.30. The Labute approximate surface area is 188 Å². The second-order valence-corrected chi connectivity index (χ2v) is 9.52. The van der Waals surface area contributed by atoms with Crippen LogP contribution in [0, 0.1) is 11.8 Å². The maximum atomic E-state index is 13.5. The van der Waals surface area contributed by atoms with Crippen LogP contribution in [0.3, 0.4) is 0 Å². The van der Waals surface area contributed by atoms with Crippen LogP contribution in [0.15, 0.2) is 24.5 Å². The highest BCUT2D eigenvalue weighted by Crippen LogP contribution is 2.35. The molecule has 2 aliphatic rings. The number of fused-ring (bicyclic) bond motifs is 1. The minimum Gasteiger partial charge on any atom is -0.369 e. The van der Waals surface area contributed by atoms with E-state index in [9.17, 15) is 13.6 Å². The largest absolute Gasteiger partial charge is 0.369 e. The number of hydrogen-bond acceptors (Lipinski definition) is 6. The number of halogens is 2. The molecule has 0 amide bonds. The van der Waals surface area contributed by atoms with Crippen molar-refractivity contribution in [3.8, 4) is 0 Å². The molecule has 174 valence electrons. The number of alkyl halides is 2. The molecule has 2 fully saturated rings. The van der Waals surface area contributed by atoms with Crippen molar-refractivity contribution >= 4 is 22.5 Å². The van der Waals surface area contributed by atoms with Gasteiger partial charge in [-0.05, 0) is 56.9 Å². The van der Waals surface area contributed by atoms with Gasteiger partial charge in [-0.25, -0.2) is 8.78 Å². The number of aromatic nitrogens is 2. The van der Waals surface area contributed by atoms with E-state index >= 15 is 0 Å². The fourth-order valence-corrected chi connectivity index (χ4v) is 5.21. The van der Waals surface area contributed by atoms with E-state index in [1.54, 1.807) is 12.3 Å². The fraction of sp³-hybridized carbons (Fsp3) is 0.625. The van der Waals surface area contributed by atoms with Crippen LogP contribution in [0.4, 0.5) is 14.5 Å². The van der Waals surface area contributed by atoms with Crippen LogP contribution in [0.25, 0.3) is 11.0 Å². The summed E-state index contributed by atoms with van der Waals surface area (Å²) in [6.45, 7) is 8.28. The van der Waals surface area contributed by atoms with Crippen molar-refractivity contribution < 1.29 is 13.6 Å². The Morgan fingerprint density at radius 1 is 1.09 bits per heavy atom. The highest BCUT2D eigenvalue weighted by Gasteiger charge is 2.29. The molecule has 1 aromatic heterocycles. The predicted octanol–water partition coefficient (Wildman–Crippen LogP) is 3.63. The number of Topliss-reactive ketones (excluding diaryl/α,β-unsaturated/α-hetero) is 1. The lowest BCUT2D eigenvalue weighted by atomic mass is 9.86. The van der Waals surface area contributed by atoms with Gasteiger partial charge in [0, 0.05) is 50.6 Å². The smallest absolute Gasteiger partial charge is 0.266 e. The van der Waals surface area contributed by atoms with Crippen molar-refractivity contribution in [1.82, 2.24) is 19.8 Å². The minimum atomic E-state index is -2.59. The van der Waals surface area contributed by atoms with Crippen molar-refractivity contribution in [3.63, 3.8) is 0 Å². The average Bonchev–Trinajstić information content (AvgIpc) is 2.96. The Bertz CT molecular complexity index is 940. The predicted molar refractivity (Wildman–Crippen MR) is 122 cm³/mol. The van der Waals surface area contributed by atoms with Gasteiger partial charge in [0.25, 0.3) is 6.43 Å². The molecule has 0 unspecified atom stereocenters. The molecule has 1 aromatic carbocycles. The molecular formula is C24H33F2N5O. The van der Waals surface area contributed by atoms with Crippen LogP contribution < -0.4 is 4.90 Å². The third kappa shape index (κ3) is 5.41. The number of hydrogen-bond donors (Lipinski definition) is 0. The van der Waals surface area contributed by atoms with Gasteiger partial charge in [-0.3, -0.25) is 19.7 Å². The third-order valence-corrected chi connectivity index (χ3v) is 6.69. The molecule has 32 heavy (non-hydrogen) atoms. The first-order chi connectivity index (χ1) is 15.4. The molecule has 0 N–H and O–H groups in total. The molecular weight excluding hydrogens is 412 g/mol. The number of ketones is 1. The molecule has 8 heteroatoms. The van der Waals surface area contributed by atoms with Crippen LogP contribution in [0.1, 0.15) is 38.2 Å². The van der Waals surface area contributed by atoms with Crippen molar-refractivity contribution in [1.29, 1.82) is 0 Å². The molecule has 0 bridgehead atoms. The molecule has 2 aromatic rings. The van der Waals surface area contributed by atoms with Crippen LogP contribution in [-0.2, 0) is 4.79 Å². The van der Waals surface area contributed by atoms with Gasteiger partial charge in [0.15, 0.2) is 0 Å². The standard InChI is InChI=1S/C24H33F2N5O/c1-17-12-18(13-19(32)16-30-9-3-8-29(2)10-11-30)15-31(14-17)21-5-4-20(24(25)26)22-23(21)28-7-6-27-22/h4-7,17-18,24H,3,8-16H2,1-2H3/t17-,18-/m0/s1. The van der Waals surface area contributed by atoms with E-state index < -0.39 is 6.43 Å². The number of anilines is 1. The number of likely N-dealkylation sites (N-methyl/N-ethyl adjacent to an activating group) is 1. The van der Waals surface area contributed by atoms with E-state index in [-0.39, 0.29) is 17.0 Å². The lowest BCUT2D eigenvalue weighted by molar-refractivity contribution is -0.121. The summed E-state index contributed by atoms with van der Waals surface area (Å²) in [7, 11) is 2.13. The van der Waals surface area contributed by atoms with Crippen molar-refractivity contribution in [2.75, 3.05) is 57.8 Å². The fourth-order valence-electron chi connectivity index (χ4n) is 5.21. The zero-order valence-corrected chi connectivity index (χ0v) is 19.0. The summed E-state index contributed by atoms with van der Waals surface area (Å²) in [4.78, 5) is 28.3. The quantitative estimate of drug-likeness (QED) is 0.677. The number of nitrogens with zero attached hydrogens (tertiary/aromatic N) is 5. The van der Waals surface area contributed by atoms with E-state index in [0.29, 0.717) is 30.2 Å². The van der Waals surface area contributed by atoms with E-state index in [0.717, 1.165) is 57.8 Å². The zero-order valence-electron chi connectivity index (χ0n) is 19.0. The average molecular weight is 446 g/mol. The molecule has 0 aliphatic carbocycles. The van der Waals surface area contributed by atoms with Gasteiger partial charge in [-0.2, -0.15) is 0 Å². The minimum absolute atomic E-state index is 0.0864. The molecule has 2 aliphatic heterocycles. The zero-order chi connectivity index (χ0) is 22.7. The number of rotatable bonds is 6. The molecule has 0 saturated carbocycles. The van der Waals surface area contributed by atoms with Gasteiger partial charge < -0.3 is 9.80 Å². The Morgan fingerprint density at radius 3 is 2.66 bits per heavy atom. The summed E-state index contributed by atoms with van der Waals surface area (Å²) in [5, 5.41) is 0. The summed E-state index contributed by atoms with van der Waals surface area (Å²) in [5.74, 6) is 0.962. The van der Waals surface area contributed by atoms with Gasteiger partial charge in [0.05, 0.1) is 17.7 Å². The first-order valence-electron chi connectivity index (χ1n) is 11.6. The topological polar surface area (TPSA) is 52.6 Å². The number of piperidine rings is 1. The lowest BCUT2D eigenvalue weighted by Crippen LogP contribution is -2.41. The Morgan fingerprint density at radius 2 is 1.88 bits per heavy atom. The maximum Gasteiger partial charge on any atom is 0.266 e. The SMILES string of the molecule is C[C@H]1C[C@@H](CC(=O)CN2CCCN(C)CC2)CN(c2ccc(C(F)F)c3nccnc23)C1. The van der Waals surface area contributed by atoms with Gasteiger partial charge >= 0.3 is 0 Å². The summed E-state index contributed by atoms with van der Waals surface area (Å²) in [5.41, 5.74) is 1.52. The highest BCUT2D eigenvalue weighted by molar-refractivity contribution is 5.90. The highest BCUT2D eigenvalue weighted by atomic mass is 19.3. The normalized spacial score (nSPS) is 23.6. The molecule has 0 radical (unpaired) electrons. The number of carbonyl (C=O) groups is 1. The van der Waals surface area contributed by atoms with Crippen molar-refractivity contribution in [3.05, 3.63) is 30.1 Å². The van der Waals surface area contributed by atoms with E-state index in [4.69, 9.17) is 0 Å².